The van der Waals surface area contributed by atoms with Crippen LogP contribution in [0.5, 0.6) is 0 Å². The summed E-state index contributed by atoms with van der Waals surface area (Å²) in [6.07, 6.45) is 14.2. The molecule has 0 heterocycles. The molecule has 0 N–H and O–H groups in total. The summed E-state index contributed by atoms with van der Waals surface area (Å²) in [4.78, 5) is 1.29. The van der Waals surface area contributed by atoms with Gasteiger partial charge in [-0.25, -0.2) is 0 Å². The molecule has 0 aromatic heterocycles. The zero-order valence-electron chi connectivity index (χ0n) is 12.5. The lowest BCUT2D eigenvalue weighted by atomic mass is 10.1. The monoisotopic (exact) mass is 277 g/mol. The first-order valence-electron chi connectivity index (χ1n) is 8.03. The van der Waals surface area contributed by atoms with Gasteiger partial charge in [0.1, 0.15) is 0 Å². The highest BCUT2D eigenvalue weighted by Gasteiger charge is 1.94. The lowest BCUT2D eigenvalue weighted by molar-refractivity contribution is 0.563. The van der Waals surface area contributed by atoms with Crippen LogP contribution in [0.25, 0.3) is 0 Å². The maximum atomic E-state index is 3.27. The van der Waals surface area contributed by atoms with Crippen molar-refractivity contribution in [3.8, 4) is 0 Å². The van der Waals surface area contributed by atoms with Gasteiger partial charge in [0.15, 0.2) is 0 Å². The summed E-state index contributed by atoms with van der Waals surface area (Å²) in [5.74, 6) is 1.25. The maximum Gasteiger partial charge on any atom is 0.0151 e. The van der Waals surface area contributed by atoms with Crippen molar-refractivity contribution in [2.24, 2.45) is 0 Å². The number of unbranched alkanes of at least 4 members (excludes halogenated alkanes) is 9. The Kier molecular flexibility index (Phi) is 11.0. The average Bonchev–Trinajstić information content (AvgIpc) is 2.46. The molecule has 0 saturated carbocycles. The molecule has 1 aromatic rings. The van der Waals surface area contributed by atoms with Crippen molar-refractivity contribution in [2.45, 2.75) is 76.0 Å². The molecular formula is C18H29S. The Balaban J connectivity index is 1.79. The Bertz CT molecular complexity index is 281. The second-order valence-electron chi connectivity index (χ2n) is 5.26. The first-order valence-corrected chi connectivity index (χ1v) is 9.01. The van der Waals surface area contributed by atoms with E-state index in [9.17, 15) is 0 Å². The molecule has 0 bridgehead atoms. The Morgan fingerprint density at radius 3 is 2.05 bits per heavy atom. The summed E-state index contributed by atoms with van der Waals surface area (Å²) < 4.78 is 0. The highest BCUT2D eigenvalue weighted by atomic mass is 32.2. The molecule has 0 fully saturated rings. The molecule has 0 amide bonds. The molecule has 0 spiro atoms. The molecule has 0 saturated heterocycles. The fraction of sp³-hybridized carbons (Fsp3) is 0.667. The van der Waals surface area contributed by atoms with Crippen LogP contribution >= 0.6 is 11.8 Å². The lowest BCUT2D eigenvalue weighted by Crippen LogP contribution is -1.84. The van der Waals surface area contributed by atoms with Crippen LogP contribution in [0.4, 0.5) is 0 Å². The highest BCUT2D eigenvalue weighted by molar-refractivity contribution is 7.99. The third kappa shape index (κ3) is 10.1. The number of benzene rings is 1. The van der Waals surface area contributed by atoms with Gasteiger partial charge in [-0.3, -0.25) is 0 Å². The Hall–Kier alpha value is -0.430. The van der Waals surface area contributed by atoms with E-state index in [1.807, 2.05) is 23.9 Å². The summed E-state index contributed by atoms with van der Waals surface area (Å²) in [6.45, 7) is 2.28. The van der Waals surface area contributed by atoms with Crippen LogP contribution < -0.4 is 0 Å². The van der Waals surface area contributed by atoms with E-state index >= 15 is 0 Å². The molecule has 0 atom stereocenters. The van der Waals surface area contributed by atoms with Gasteiger partial charge in [-0.15, -0.1) is 11.8 Å². The van der Waals surface area contributed by atoms with Crippen molar-refractivity contribution in [3.63, 3.8) is 0 Å². The zero-order chi connectivity index (χ0) is 13.6. The van der Waals surface area contributed by atoms with Crippen LogP contribution in [-0.4, -0.2) is 5.75 Å². The summed E-state index contributed by atoms with van der Waals surface area (Å²) in [5, 5.41) is 0. The fourth-order valence-corrected chi connectivity index (χ4v) is 3.13. The smallest absolute Gasteiger partial charge is 0.0151 e. The van der Waals surface area contributed by atoms with Gasteiger partial charge in [0.2, 0.25) is 0 Å². The van der Waals surface area contributed by atoms with E-state index in [-0.39, 0.29) is 0 Å². The molecule has 1 rings (SSSR count). The lowest BCUT2D eigenvalue weighted by Gasteiger charge is -2.02. The molecule has 0 aliphatic rings. The standard InChI is InChI=1S/C18H29S/c1-2-3-4-5-6-7-8-9-10-14-17-19-18-15-12-11-13-16-18/h11-13,15H,2-10,14,17H2,1H3. The molecular weight excluding hydrogens is 248 g/mol. The Morgan fingerprint density at radius 2 is 1.47 bits per heavy atom. The normalized spacial score (nSPS) is 10.8. The van der Waals surface area contributed by atoms with Crippen LogP contribution in [-0.2, 0) is 0 Å². The van der Waals surface area contributed by atoms with Gasteiger partial charge in [0.05, 0.1) is 0 Å². The summed E-state index contributed by atoms with van der Waals surface area (Å²) in [7, 11) is 0. The van der Waals surface area contributed by atoms with Crippen molar-refractivity contribution in [1.82, 2.24) is 0 Å². The summed E-state index contributed by atoms with van der Waals surface area (Å²) in [5.41, 5.74) is 0. The van der Waals surface area contributed by atoms with Crippen molar-refractivity contribution in [1.29, 1.82) is 0 Å². The average molecular weight is 277 g/mol. The summed E-state index contributed by atoms with van der Waals surface area (Å²) >= 11 is 1.94. The predicted molar refractivity (Wildman–Crippen MR) is 87.8 cm³/mol. The topological polar surface area (TPSA) is 0 Å². The van der Waals surface area contributed by atoms with E-state index in [0.717, 1.165) is 0 Å². The van der Waals surface area contributed by atoms with E-state index < -0.39 is 0 Å². The second-order valence-corrected chi connectivity index (χ2v) is 6.39. The largest absolute Gasteiger partial charge is 0.126 e. The molecule has 1 radical (unpaired) electrons. The third-order valence-corrected chi connectivity index (χ3v) is 4.49. The van der Waals surface area contributed by atoms with E-state index in [0.29, 0.717) is 0 Å². The summed E-state index contributed by atoms with van der Waals surface area (Å²) in [6, 6.07) is 11.5. The van der Waals surface area contributed by atoms with Gasteiger partial charge < -0.3 is 0 Å². The van der Waals surface area contributed by atoms with Crippen molar-refractivity contribution >= 4 is 11.8 Å². The SMILES string of the molecule is CCCCCCCCCCCCSc1[c]cccc1. The van der Waals surface area contributed by atoms with Gasteiger partial charge in [-0.2, -0.15) is 0 Å². The molecule has 19 heavy (non-hydrogen) atoms. The minimum atomic E-state index is 1.25. The highest BCUT2D eigenvalue weighted by Crippen LogP contribution is 2.19. The van der Waals surface area contributed by atoms with Crippen LogP contribution in [0.2, 0.25) is 0 Å². The van der Waals surface area contributed by atoms with Gasteiger partial charge in [-0.1, -0.05) is 82.9 Å². The molecule has 0 aliphatic heterocycles. The molecule has 0 aliphatic carbocycles. The quantitative estimate of drug-likeness (QED) is 0.310. The third-order valence-electron chi connectivity index (χ3n) is 3.44. The second kappa shape index (κ2) is 12.6. The Morgan fingerprint density at radius 1 is 0.842 bits per heavy atom. The van der Waals surface area contributed by atoms with Gasteiger partial charge >= 0.3 is 0 Å². The van der Waals surface area contributed by atoms with Crippen LogP contribution in [0.1, 0.15) is 71.1 Å². The molecule has 0 unspecified atom stereocenters. The number of rotatable bonds is 12. The van der Waals surface area contributed by atoms with Crippen molar-refractivity contribution in [3.05, 3.63) is 30.3 Å². The molecule has 107 valence electrons. The van der Waals surface area contributed by atoms with Gasteiger partial charge in [-0.05, 0) is 24.3 Å². The van der Waals surface area contributed by atoms with Gasteiger partial charge in [0.25, 0.3) is 0 Å². The first kappa shape index (κ1) is 16.6. The zero-order valence-corrected chi connectivity index (χ0v) is 13.3. The van der Waals surface area contributed by atoms with Crippen LogP contribution in [0, 0.1) is 6.07 Å². The molecule has 0 nitrogen and oxygen atoms in total. The predicted octanol–water partition coefficient (Wildman–Crippen LogP) is 6.50. The number of hydrogen-bond acceptors (Lipinski definition) is 1. The number of thioether (sulfide) groups is 1. The van der Waals surface area contributed by atoms with E-state index in [4.69, 9.17) is 0 Å². The van der Waals surface area contributed by atoms with Gasteiger partial charge in [0, 0.05) is 4.90 Å². The maximum absolute atomic E-state index is 3.27. The van der Waals surface area contributed by atoms with E-state index in [1.54, 1.807) is 0 Å². The van der Waals surface area contributed by atoms with Crippen LogP contribution in [0.15, 0.2) is 29.2 Å². The fourth-order valence-electron chi connectivity index (χ4n) is 2.24. The molecule has 1 aromatic carbocycles. The van der Waals surface area contributed by atoms with E-state index in [1.165, 1.54) is 74.9 Å². The Labute approximate surface area is 124 Å². The minimum Gasteiger partial charge on any atom is -0.126 e. The van der Waals surface area contributed by atoms with Crippen molar-refractivity contribution < 1.29 is 0 Å². The number of hydrogen-bond donors (Lipinski definition) is 0. The van der Waals surface area contributed by atoms with E-state index in [2.05, 4.69) is 25.1 Å². The van der Waals surface area contributed by atoms with Crippen LogP contribution in [0.3, 0.4) is 0 Å². The molecule has 1 heteroatoms. The minimum absolute atomic E-state index is 1.25. The first-order chi connectivity index (χ1) is 9.43. The van der Waals surface area contributed by atoms with Crippen molar-refractivity contribution in [2.75, 3.05) is 5.75 Å².